The lowest BCUT2D eigenvalue weighted by Gasteiger charge is -2.11. The number of aromatic nitrogens is 4. The molecule has 0 spiro atoms. The molecule has 176 valence electrons. The Morgan fingerprint density at radius 1 is 0.971 bits per heavy atom. The highest BCUT2D eigenvalue weighted by molar-refractivity contribution is 5.77. The molecular formula is C24H25N5O5. The topological polar surface area (TPSA) is 109 Å². The van der Waals surface area contributed by atoms with Crippen LogP contribution in [-0.4, -0.2) is 59.7 Å². The Balaban J connectivity index is 1.30. The van der Waals surface area contributed by atoms with E-state index in [1.54, 1.807) is 36.9 Å². The van der Waals surface area contributed by atoms with E-state index in [1.807, 2.05) is 43.3 Å². The van der Waals surface area contributed by atoms with Crippen LogP contribution in [0.15, 0.2) is 54.6 Å². The van der Waals surface area contributed by atoms with Crippen molar-refractivity contribution in [3.63, 3.8) is 0 Å². The van der Waals surface area contributed by atoms with Crippen LogP contribution in [0.3, 0.4) is 0 Å². The van der Waals surface area contributed by atoms with Crippen molar-refractivity contribution in [2.45, 2.75) is 6.92 Å². The van der Waals surface area contributed by atoms with Crippen LogP contribution >= 0.6 is 0 Å². The quantitative estimate of drug-likeness (QED) is 0.358. The second kappa shape index (κ2) is 10.5. The van der Waals surface area contributed by atoms with Gasteiger partial charge in [0.15, 0.2) is 29.6 Å². The van der Waals surface area contributed by atoms with Crippen molar-refractivity contribution in [2.24, 2.45) is 0 Å². The number of hydrogen-bond acceptors (Lipinski definition) is 8. The van der Waals surface area contributed by atoms with Gasteiger partial charge >= 0.3 is 0 Å². The summed E-state index contributed by atoms with van der Waals surface area (Å²) >= 11 is 0. The van der Waals surface area contributed by atoms with Crippen molar-refractivity contribution in [1.82, 2.24) is 25.1 Å². The molecule has 0 atom stereocenters. The predicted octanol–water partition coefficient (Wildman–Crippen LogP) is 2.69. The van der Waals surface area contributed by atoms with E-state index in [9.17, 15) is 4.79 Å². The fourth-order valence-electron chi connectivity index (χ4n) is 3.23. The number of methoxy groups -OCH3 is 2. The monoisotopic (exact) mass is 463 g/mol. The van der Waals surface area contributed by atoms with Crippen LogP contribution in [0, 0.1) is 6.92 Å². The summed E-state index contributed by atoms with van der Waals surface area (Å²) in [6.07, 6.45) is 0. The molecule has 2 aromatic heterocycles. The third kappa shape index (κ3) is 5.34. The lowest BCUT2D eigenvalue weighted by molar-refractivity contribution is -0.123. The molecule has 0 saturated carbocycles. The number of nitrogens with zero attached hydrogens (tertiary/aromatic N) is 4. The van der Waals surface area contributed by atoms with Crippen molar-refractivity contribution in [3.05, 3.63) is 60.2 Å². The lowest BCUT2D eigenvalue weighted by Crippen LogP contribution is -2.32. The number of amides is 1. The number of nitrogens with one attached hydrogen (secondary N) is 1. The van der Waals surface area contributed by atoms with E-state index in [0.29, 0.717) is 34.6 Å². The third-order valence-electron chi connectivity index (χ3n) is 4.92. The Morgan fingerprint density at radius 2 is 1.85 bits per heavy atom. The molecule has 0 bridgehead atoms. The van der Waals surface area contributed by atoms with Crippen molar-refractivity contribution in [3.8, 4) is 34.5 Å². The largest absolute Gasteiger partial charge is 0.497 e. The number of carbonyl (C=O) groups is 1. The van der Waals surface area contributed by atoms with Crippen LogP contribution in [0.5, 0.6) is 23.1 Å². The molecule has 0 aliphatic rings. The van der Waals surface area contributed by atoms with Gasteiger partial charge in [-0.2, -0.15) is 4.52 Å². The van der Waals surface area contributed by atoms with Crippen LogP contribution < -0.4 is 24.3 Å². The molecule has 2 heterocycles. The molecule has 2 aromatic carbocycles. The second-order valence-electron chi connectivity index (χ2n) is 7.34. The van der Waals surface area contributed by atoms with E-state index in [2.05, 4.69) is 20.6 Å². The molecule has 10 nitrogen and oxygen atoms in total. The van der Waals surface area contributed by atoms with Gasteiger partial charge in [0.25, 0.3) is 5.91 Å². The Labute approximate surface area is 196 Å². The number of carbonyl (C=O) groups excluding carboxylic acids is 1. The summed E-state index contributed by atoms with van der Waals surface area (Å²) < 4.78 is 23.4. The van der Waals surface area contributed by atoms with E-state index in [4.69, 9.17) is 18.9 Å². The normalized spacial score (nSPS) is 10.7. The molecule has 0 aliphatic heterocycles. The first-order valence-corrected chi connectivity index (χ1v) is 10.6. The number of ether oxygens (including phenoxy) is 4. The first-order valence-electron chi connectivity index (χ1n) is 10.6. The second-order valence-corrected chi connectivity index (χ2v) is 7.34. The molecule has 4 aromatic rings. The number of aryl methyl sites for hydroxylation is 1. The van der Waals surface area contributed by atoms with Gasteiger partial charge < -0.3 is 24.3 Å². The summed E-state index contributed by atoms with van der Waals surface area (Å²) in [6.45, 7) is 2.34. The average molecular weight is 463 g/mol. The van der Waals surface area contributed by atoms with E-state index >= 15 is 0 Å². The summed E-state index contributed by atoms with van der Waals surface area (Å²) in [4.78, 5) is 12.1. The van der Waals surface area contributed by atoms with Crippen LogP contribution in [-0.2, 0) is 4.79 Å². The van der Waals surface area contributed by atoms with E-state index < -0.39 is 0 Å². The molecule has 0 saturated heterocycles. The zero-order valence-corrected chi connectivity index (χ0v) is 19.1. The third-order valence-corrected chi connectivity index (χ3v) is 4.92. The number of fused-ring (bicyclic) bond motifs is 1. The number of hydrogen-bond donors (Lipinski definition) is 1. The summed E-state index contributed by atoms with van der Waals surface area (Å²) in [6, 6.07) is 16.5. The zero-order valence-electron chi connectivity index (χ0n) is 19.1. The van der Waals surface area contributed by atoms with Gasteiger partial charge in [0.2, 0.25) is 5.88 Å². The Kier molecular flexibility index (Phi) is 7.07. The molecular weight excluding hydrogens is 438 g/mol. The Hall–Kier alpha value is -4.34. The molecule has 0 aliphatic carbocycles. The minimum Gasteiger partial charge on any atom is -0.497 e. The van der Waals surface area contributed by atoms with Gasteiger partial charge in [-0.15, -0.1) is 15.3 Å². The fourth-order valence-corrected chi connectivity index (χ4v) is 3.23. The van der Waals surface area contributed by atoms with Gasteiger partial charge in [-0.1, -0.05) is 18.2 Å². The number of rotatable bonds is 10. The number of benzene rings is 2. The van der Waals surface area contributed by atoms with E-state index in [0.717, 1.165) is 11.1 Å². The molecule has 0 unspecified atom stereocenters. The minimum atomic E-state index is -0.270. The summed E-state index contributed by atoms with van der Waals surface area (Å²) in [5.74, 6) is 2.48. The van der Waals surface area contributed by atoms with Gasteiger partial charge in [-0.05, 0) is 42.8 Å². The van der Waals surface area contributed by atoms with Crippen LogP contribution in [0.1, 0.15) is 5.56 Å². The van der Waals surface area contributed by atoms with E-state index in [1.165, 1.54) is 0 Å². The maximum atomic E-state index is 12.1. The summed E-state index contributed by atoms with van der Waals surface area (Å²) in [5.41, 5.74) is 2.44. The Morgan fingerprint density at radius 3 is 2.68 bits per heavy atom. The highest BCUT2D eigenvalue weighted by Gasteiger charge is 2.12. The predicted molar refractivity (Wildman–Crippen MR) is 125 cm³/mol. The molecule has 1 N–H and O–H groups in total. The fraction of sp³-hybridized carbons (Fsp3) is 0.250. The SMILES string of the molecule is COc1cccc(-c2nnc3ccc(OCCNC(=O)COc4ccc(C)cc4OC)nn23)c1. The van der Waals surface area contributed by atoms with Crippen LogP contribution in [0.2, 0.25) is 0 Å². The van der Waals surface area contributed by atoms with Crippen molar-refractivity contribution < 1.29 is 23.7 Å². The van der Waals surface area contributed by atoms with Crippen molar-refractivity contribution >= 4 is 11.6 Å². The molecule has 10 heteroatoms. The summed E-state index contributed by atoms with van der Waals surface area (Å²) in [5, 5.41) is 15.6. The first-order chi connectivity index (χ1) is 16.6. The smallest absolute Gasteiger partial charge is 0.258 e. The summed E-state index contributed by atoms with van der Waals surface area (Å²) in [7, 11) is 3.17. The van der Waals surface area contributed by atoms with Crippen LogP contribution in [0.25, 0.3) is 17.0 Å². The average Bonchev–Trinajstić information content (AvgIpc) is 3.29. The van der Waals surface area contributed by atoms with Crippen molar-refractivity contribution in [2.75, 3.05) is 34.0 Å². The van der Waals surface area contributed by atoms with Crippen molar-refractivity contribution in [1.29, 1.82) is 0 Å². The highest BCUT2D eigenvalue weighted by atomic mass is 16.5. The first kappa shape index (κ1) is 22.8. The van der Waals surface area contributed by atoms with Gasteiger partial charge in [-0.25, -0.2) is 0 Å². The molecule has 4 rings (SSSR count). The molecule has 0 radical (unpaired) electrons. The highest BCUT2D eigenvalue weighted by Crippen LogP contribution is 2.27. The maximum Gasteiger partial charge on any atom is 0.258 e. The minimum absolute atomic E-state index is 0.131. The Bertz CT molecular complexity index is 1290. The molecule has 0 fully saturated rings. The van der Waals surface area contributed by atoms with E-state index in [-0.39, 0.29) is 25.7 Å². The van der Waals surface area contributed by atoms with Gasteiger partial charge in [0.05, 0.1) is 20.8 Å². The standard InChI is InChI=1S/C24H25N5O5/c1-16-7-8-19(20(13-16)32-3)34-15-22(30)25-11-12-33-23-10-9-21-26-27-24(29(21)28-23)17-5-4-6-18(14-17)31-2/h4-10,13-14H,11-12,15H2,1-3H3,(H,25,30). The molecule has 1 amide bonds. The molecule has 34 heavy (non-hydrogen) atoms. The lowest BCUT2D eigenvalue weighted by atomic mass is 10.2. The maximum absolute atomic E-state index is 12.1. The van der Waals surface area contributed by atoms with Crippen LogP contribution in [0.4, 0.5) is 0 Å². The van der Waals surface area contributed by atoms with Gasteiger partial charge in [0.1, 0.15) is 12.4 Å². The van der Waals surface area contributed by atoms with Gasteiger partial charge in [-0.3, -0.25) is 4.79 Å². The van der Waals surface area contributed by atoms with Gasteiger partial charge in [0, 0.05) is 11.6 Å². The zero-order chi connectivity index (χ0) is 23.9.